The fourth-order valence-corrected chi connectivity index (χ4v) is 2.02. The summed E-state index contributed by atoms with van der Waals surface area (Å²) in [6, 6.07) is 6.99. The van der Waals surface area contributed by atoms with Crippen molar-refractivity contribution in [2.45, 2.75) is 0 Å². The van der Waals surface area contributed by atoms with Crippen molar-refractivity contribution in [3.8, 4) is 0 Å². The van der Waals surface area contributed by atoms with Crippen molar-refractivity contribution >= 4 is 22.5 Å². The van der Waals surface area contributed by atoms with Gasteiger partial charge >= 0.3 is 0 Å². The van der Waals surface area contributed by atoms with E-state index in [1.165, 1.54) is 9.08 Å². The number of carbonyl (C=O) groups excluding carboxylic acids is 1. The zero-order chi connectivity index (χ0) is 12.9. The fourth-order valence-electron chi connectivity index (χ4n) is 2.02. The van der Waals surface area contributed by atoms with E-state index in [0.29, 0.717) is 16.6 Å². The van der Waals surface area contributed by atoms with Crippen LogP contribution in [0.25, 0.3) is 16.6 Å². The molecule has 0 aliphatic rings. The maximum Gasteiger partial charge on any atom is 0.273 e. The van der Waals surface area contributed by atoms with E-state index in [2.05, 4.69) is 10.3 Å². The first-order valence-electron chi connectivity index (χ1n) is 5.24. The van der Waals surface area contributed by atoms with E-state index in [0.717, 1.165) is 0 Å². The Labute approximate surface area is 100 Å². The highest BCUT2D eigenvalue weighted by Gasteiger charge is 2.17. The molecule has 0 aliphatic heterocycles. The summed E-state index contributed by atoms with van der Waals surface area (Å²) < 4.78 is 2.76. The zero-order valence-electron chi connectivity index (χ0n) is 9.49. The van der Waals surface area contributed by atoms with Gasteiger partial charge in [-0.05, 0) is 12.1 Å². The van der Waals surface area contributed by atoms with Gasteiger partial charge in [-0.3, -0.25) is 14.2 Å². The molecule has 3 rings (SSSR count). The predicted molar refractivity (Wildman–Crippen MR) is 64.3 cm³/mol. The maximum absolute atomic E-state index is 12.2. The number of aryl methyl sites for hydroxylation is 1. The Balaban J connectivity index is 2.66. The summed E-state index contributed by atoms with van der Waals surface area (Å²) in [5.74, 6) is -0.713. The third-order valence-electron chi connectivity index (χ3n) is 2.86. The Morgan fingerprint density at radius 2 is 2.06 bits per heavy atom. The van der Waals surface area contributed by atoms with Crippen LogP contribution in [-0.4, -0.2) is 25.3 Å². The molecule has 0 fully saturated rings. The lowest BCUT2D eigenvalue weighted by atomic mass is 10.2. The van der Waals surface area contributed by atoms with E-state index in [4.69, 9.17) is 5.73 Å². The summed E-state index contributed by atoms with van der Waals surface area (Å²) in [7, 11) is 1.56. The number of hydrogen-bond donors (Lipinski definition) is 1. The number of para-hydroxylation sites is 1. The molecule has 0 radical (unpaired) electrons. The summed E-state index contributed by atoms with van der Waals surface area (Å²) in [5, 5.41) is 8.11. The molecule has 0 atom stereocenters. The van der Waals surface area contributed by atoms with Gasteiger partial charge in [0, 0.05) is 7.05 Å². The molecule has 0 unspecified atom stereocenters. The topological polar surface area (TPSA) is 95.3 Å². The van der Waals surface area contributed by atoms with Crippen LogP contribution >= 0.6 is 0 Å². The monoisotopic (exact) mass is 243 g/mol. The molecule has 0 bridgehead atoms. The number of hydrogen-bond acceptors (Lipinski definition) is 4. The SMILES string of the molecule is Cn1c(=O)c2ccccc2n2nnc(C(N)=O)c12. The summed E-state index contributed by atoms with van der Waals surface area (Å²) in [6.45, 7) is 0. The number of amides is 1. The first-order chi connectivity index (χ1) is 8.61. The summed E-state index contributed by atoms with van der Waals surface area (Å²) >= 11 is 0. The number of fused-ring (bicyclic) bond motifs is 3. The number of carbonyl (C=O) groups is 1. The molecular weight excluding hydrogens is 234 g/mol. The average molecular weight is 243 g/mol. The highest BCUT2D eigenvalue weighted by atomic mass is 16.1. The van der Waals surface area contributed by atoms with Crippen molar-refractivity contribution in [2.75, 3.05) is 0 Å². The van der Waals surface area contributed by atoms with Crippen LogP contribution in [0.2, 0.25) is 0 Å². The minimum absolute atomic E-state index is 0.0136. The van der Waals surface area contributed by atoms with Gasteiger partial charge in [-0.2, -0.15) is 4.52 Å². The zero-order valence-corrected chi connectivity index (χ0v) is 9.49. The van der Waals surface area contributed by atoms with E-state index in [9.17, 15) is 9.59 Å². The molecule has 0 spiro atoms. The van der Waals surface area contributed by atoms with Gasteiger partial charge in [0.2, 0.25) is 0 Å². The summed E-state index contributed by atoms with van der Waals surface area (Å²) in [6.07, 6.45) is 0. The minimum atomic E-state index is -0.713. The maximum atomic E-state index is 12.2. The molecule has 1 amide bonds. The number of benzene rings is 1. The first-order valence-corrected chi connectivity index (χ1v) is 5.24. The second-order valence-corrected chi connectivity index (χ2v) is 3.92. The van der Waals surface area contributed by atoms with Crippen molar-refractivity contribution < 1.29 is 4.79 Å². The van der Waals surface area contributed by atoms with Crippen LogP contribution in [-0.2, 0) is 7.05 Å². The van der Waals surface area contributed by atoms with Crippen molar-refractivity contribution in [3.05, 3.63) is 40.3 Å². The number of nitrogens with two attached hydrogens (primary N) is 1. The van der Waals surface area contributed by atoms with E-state index in [1.807, 2.05) is 0 Å². The van der Waals surface area contributed by atoms with Gasteiger partial charge in [0.25, 0.3) is 11.5 Å². The normalized spacial score (nSPS) is 11.2. The van der Waals surface area contributed by atoms with Crippen LogP contribution < -0.4 is 11.3 Å². The van der Waals surface area contributed by atoms with E-state index >= 15 is 0 Å². The molecule has 2 N–H and O–H groups in total. The number of aromatic nitrogens is 4. The van der Waals surface area contributed by atoms with Gasteiger partial charge in [0.05, 0.1) is 10.9 Å². The van der Waals surface area contributed by atoms with Gasteiger partial charge in [-0.1, -0.05) is 17.3 Å². The predicted octanol–water partition coefficient (Wildman–Crippen LogP) is -0.320. The van der Waals surface area contributed by atoms with Gasteiger partial charge in [-0.15, -0.1) is 5.10 Å². The molecule has 7 heteroatoms. The highest BCUT2D eigenvalue weighted by molar-refractivity contribution is 5.97. The number of nitrogens with zero attached hydrogens (tertiary/aromatic N) is 4. The molecule has 0 saturated carbocycles. The van der Waals surface area contributed by atoms with Crippen LogP contribution in [0.3, 0.4) is 0 Å². The Hall–Kier alpha value is -2.70. The molecule has 0 aliphatic carbocycles. The molecule has 1 aromatic carbocycles. The molecule has 90 valence electrons. The Kier molecular flexibility index (Phi) is 1.97. The van der Waals surface area contributed by atoms with E-state index in [1.54, 1.807) is 31.3 Å². The van der Waals surface area contributed by atoms with Crippen LogP contribution in [0.15, 0.2) is 29.1 Å². The summed E-state index contributed by atoms with van der Waals surface area (Å²) in [5.41, 5.74) is 5.87. The largest absolute Gasteiger partial charge is 0.364 e. The average Bonchev–Trinajstić information content (AvgIpc) is 2.81. The van der Waals surface area contributed by atoms with Gasteiger partial charge in [0.1, 0.15) is 0 Å². The van der Waals surface area contributed by atoms with Crippen LogP contribution in [0, 0.1) is 0 Å². The van der Waals surface area contributed by atoms with E-state index in [-0.39, 0.29) is 11.3 Å². The van der Waals surface area contributed by atoms with Crippen LogP contribution in [0.5, 0.6) is 0 Å². The Morgan fingerprint density at radius 3 is 2.78 bits per heavy atom. The lowest BCUT2D eigenvalue weighted by molar-refractivity contribution is 0.0996. The second-order valence-electron chi connectivity index (χ2n) is 3.92. The summed E-state index contributed by atoms with van der Waals surface area (Å²) in [4.78, 5) is 23.4. The van der Waals surface area contributed by atoms with Gasteiger partial charge in [0.15, 0.2) is 11.3 Å². The smallest absolute Gasteiger partial charge is 0.273 e. The van der Waals surface area contributed by atoms with E-state index < -0.39 is 5.91 Å². The minimum Gasteiger partial charge on any atom is -0.364 e. The lowest BCUT2D eigenvalue weighted by Crippen LogP contribution is -2.22. The Bertz CT molecular complexity index is 846. The Morgan fingerprint density at radius 1 is 1.33 bits per heavy atom. The van der Waals surface area contributed by atoms with Crippen molar-refractivity contribution in [1.82, 2.24) is 19.4 Å². The number of primary amides is 1. The molecule has 2 aromatic heterocycles. The van der Waals surface area contributed by atoms with Crippen LogP contribution in [0.4, 0.5) is 0 Å². The molecule has 18 heavy (non-hydrogen) atoms. The lowest BCUT2D eigenvalue weighted by Gasteiger charge is -2.05. The standard InChI is InChI=1S/C11H9N5O2/c1-15-10-8(9(12)17)13-14-16(10)7-5-3-2-4-6(7)11(15)18/h2-5H,1H3,(H2,12,17). The van der Waals surface area contributed by atoms with Crippen molar-refractivity contribution in [2.24, 2.45) is 12.8 Å². The molecule has 0 saturated heterocycles. The molecule has 7 nitrogen and oxygen atoms in total. The van der Waals surface area contributed by atoms with Crippen molar-refractivity contribution in [1.29, 1.82) is 0 Å². The van der Waals surface area contributed by atoms with Crippen LogP contribution in [0.1, 0.15) is 10.5 Å². The first kappa shape index (κ1) is 10.5. The van der Waals surface area contributed by atoms with Crippen molar-refractivity contribution in [3.63, 3.8) is 0 Å². The molecular formula is C11H9N5O2. The fraction of sp³-hybridized carbons (Fsp3) is 0.0909. The number of rotatable bonds is 1. The second kappa shape index (κ2) is 3.39. The quantitative estimate of drug-likeness (QED) is 0.633. The van der Waals surface area contributed by atoms with Gasteiger partial charge < -0.3 is 5.73 Å². The third kappa shape index (κ3) is 1.18. The molecule has 3 aromatic rings. The third-order valence-corrected chi connectivity index (χ3v) is 2.86. The van der Waals surface area contributed by atoms with Gasteiger partial charge in [-0.25, -0.2) is 0 Å². The highest BCUT2D eigenvalue weighted by Crippen LogP contribution is 2.13. The molecule has 2 heterocycles.